The number of rotatable bonds is 2. The quantitative estimate of drug-likeness (QED) is 0.806. The number of nitrogens with two attached hydrogens (primary N) is 1. The average Bonchev–Trinajstić information content (AvgIpc) is 2.27. The third-order valence-electron chi connectivity index (χ3n) is 2.68. The van der Waals surface area contributed by atoms with Gasteiger partial charge in [-0.1, -0.05) is 17.8 Å². The minimum Gasteiger partial charge on any atom is -0.398 e. The number of aryl methyl sites for hydroxylation is 2. The maximum Gasteiger partial charge on any atom is 0.125 e. The van der Waals surface area contributed by atoms with Crippen molar-refractivity contribution in [2.45, 2.75) is 23.6 Å². The van der Waals surface area contributed by atoms with Crippen LogP contribution in [-0.4, -0.2) is 0 Å². The highest BCUT2D eigenvalue weighted by Crippen LogP contribution is 2.33. The Balaban J connectivity index is 2.28. The van der Waals surface area contributed by atoms with Crippen LogP contribution >= 0.6 is 11.8 Å². The molecule has 2 aromatic rings. The van der Waals surface area contributed by atoms with E-state index in [1.165, 1.54) is 23.3 Å². The van der Waals surface area contributed by atoms with E-state index in [2.05, 4.69) is 32.0 Å². The van der Waals surface area contributed by atoms with Gasteiger partial charge in [-0.2, -0.15) is 0 Å². The first-order chi connectivity index (χ1) is 8.06. The van der Waals surface area contributed by atoms with E-state index in [1.54, 1.807) is 17.8 Å². The molecule has 2 N–H and O–H groups in total. The average molecular weight is 247 g/mol. The van der Waals surface area contributed by atoms with Gasteiger partial charge in [-0.15, -0.1) is 0 Å². The second-order valence-corrected chi connectivity index (χ2v) is 5.15. The van der Waals surface area contributed by atoms with Crippen LogP contribution in [0.4, 0.5) is 10.1 Å². The van der Waals surface area contributed by atoms with Crippen LogP contribution in [0.3, 0.4) is 0 Å². The Morgan fingerprint density at radius 3 is 2.41 bits per heavy atom. The smallest absolute Gasteiger partial charge is 0.125 e. The molecule has 0 aliphatic carbocycles. The molecule has 0 atom stereocenters. The fourth-order valence-electron chi connectivity index (χ4n) is 1.52. The number of anilines is 1. The fraction of sp³-hybridized carbons (Fsp3) is 0.143. The van der Waals surface area contributed by atoms with Crippen LogP contribution < -0.4 is 5.73 Å². The summed E-state index contributed by atoms with van der Waals surface area (Å²) in [5, 5.41) is 0. The summed E-state index contributed by atoms with van der Waals surface area (Å²) in [6, 6.07) is 10.7. The van der Waals surface area contributed by atoms with Crippen molar-refractivity contribution in [3.05, 3.63) is 53.3 Å². The first-order valence-electron chi connectivity index (χ1n) is 5.36. The second-order valence-electron chi connectivity index (χ2n) is 4.03. The Kier molecular flexibility index (Phi) is 3.38. The van der Waals surface area contributed by atoms with Crippen molar-refractivity contribution >= 4 is 17.4 Å². The predicted molar refractivity (Wildman–Crippen MR) is 70.9 cm³/mol. The number of halogens is 1. The summed E-state index contributed by atoms with van der Waals surface area (Å²) >= 11 is 1.55. The summed E-state index contributed by atoms with van der Waals surface area (Å²) in [6.07, 6.45) is 0. The van der Waals surface area contributed by atoms with Crippen LogP contribution in [0, 0.1) is 19.7 Å². The summed E-state index contributed by atoms with van der Waals surface area (Å²) in [4.78, 5) is 2.00. The summed E-state index contributed by atoms with van der Waals surface area (Å²) in [6.45, 7) is 4.16. The van der Waals surface area contributed by atoms with Crippen molar-refractivity contribution < 1.29 is 4.39 Å². The first kappa shape index (κ1) is 12.0. The van der Waals surface area contributed by atoms with Crippen molar-refractivity contribution in [3.8, 4) is 0 Å². The van der Waals surface area contributed by atoms with Crippen molar-refractivity contribution in [2.75, 3.05) is 5.73 Å². The van der Waals surface area contributed by atoms with E-state index in [-0.39, 0.29) is 5.82 Å². The van der Waals surface area contributed by atoms with E-state index >= 15 is 0 Å². The Bertz CT molecular complexity index is 552. The summed E-state index contributed by atoms with van der Waals surface area (Å²) in [5.74, 6) is -0.299. The molecule has 2 aromatic carbocycles. The lowest BCUT2D eigenvalue weighted by atomic mass is 10.1. The summed E-state index contributed by atoms with van der Waals surface area (Å²) in [7, 11) is 0. The second kappa shape index (κ2) is 4.80. The van der Waals surface area contributed by atoms with Crippen LogP contribution in [0.1, 0.15) is 11.1 Å². The Morgan fingerprint density at radius 2 is 1.76 bits per heavy atom. The molecule has 0 aromatic heterocycles. The van der Waals surface area contributed by atoms with Crippen LogP contribution in [-0.2, 0) is 0 Å². The van der Waals surface area contributed by atoms with Gasteiger partial charge < -0.3 is 5.73 Å². The van der Waals surface area contributed by atoms with Gasteiger partial charge in [0.1, 0.15) is 5.82 Å². The van der Waals surface area contributed by atoms with E-state index in [0.717, 1.165) is 9.79 Å². The molecule has 0 heterocycles. The summed E-state index contributed by atoms with van der Waals surface area (Å²) in [5.41, 5.74) is 8.77. The molecule has 0 radical (unpaired) electrons. The topological polar surface area (TPSA) is 26.0 Å². The standard InChI is InChI=1S/C14H14FNS/c1-9-3-5-12(7-10(9)2)17-14-6-4-11(15)8-13(14)16/h3-8H,16H2,1-2H3. The third-order valence-corrected chi connectivity index (χ3v) is 3.76. The molecular weight excluding hydrogens is 233 g/mol. The molecule has 0 spiro atoms. The minimum absolute atomic E-state index is 0.299. The molecule has 1 nitrogen and oxygen atoms in total. The molecule has 0 bridgehead atoms. The molecular formula is C14H14FNS. The highest BCUT2D eigenvalue weighted by atomic mass is 32.2. The van der Waals surface area contributed by atoms with E-state index < -0.39 is 0 Å². The minimum atomic E-state index is -0.299. The van der Waals surface area contributed by atoms with Crippen molar-refractivity contribution in [2.24, 2.45) is 0 Å². The molecule has 0 fully saturated rings. The molecule has 0 amide bonds. The van der Waals surface area contributed by atoms with Gasteiger partial charge in [-0.3, -0.25) is 0 Å². The van der Waals surface area contributed by atoms with Crippen molar-refractivity contribution in [3.63, 3.8) is 0 Å². The molecule has 0 saturated heterocycles. The van der Waals surface area contributed by atoms with Crippen LogP contribution in [0.5, 0.6) is 0 Å². The zero-order valence-electron chi connectivity index (χ0n) is 9.83. The van der Waals surface area contributed by atoms with Gasteiger partial charge in [0.15, 0.2) is 0 Å². The molecule has 0 aliphatic heterocycles. The molecule has 88 valence electrons. The number of nitrogen functional groups attached to an aromatic ring is 1. The van der Waals surface area contributed by atoms with Gasteiger partial charge in [-0.05, 0) is 55.3 Å². The zero-order chi connectivity index (χ0) is 12.4. The van der Waals surface area contributed by atoms with Crippen LogP contribution in [0.25, 0.3) is 0 Å². The van der Waals surface area contributed by atoms with Crippen LogP contribution in [0.2, 0.25) is 0 Å². The van der Waals surface area contributed by atoms with Gasteiger partial charge in [0.25, 0.3) is 0 Å². The Hall–Kier alpha value is -1.48. The largest absolute Gasteiger partial charge is 0.398 e. The Morgan fingerprint density at radius 1 is 1.00 bits per heavy atom. The number of hydrogen-bond acceptors (Lipinski definition) is 2. The van der Waals surface area contributed by atoms with Crippen LogP contribution in [0.15, 0.2) is 46.2 Å². The predicted octanol–water partition coefficient (Wildman–Crippen LogP) is 4.18. The first-order valence-corrected chi connectivity index (χ1v) is 6.18. The maximum atomic E-state index is 12.9. The van der Waals surface area contributed by atoms with Gasteiger partial charge in [0.05, 0.1) is 0 Å². The van der Waals surface area contributed by atoms with Gasteiger partial charge >= 0.3 is 0 Å². The monoisotopic (exact) mass is 247 g/mol. The molecule has 17 heavy (non-hydrogen) atoms. The van der Waals surface area contributed by atoms with E-state index in [0.29, 0.717) is 5.69 Å². The number of benzene rings is 2. The van der Waals surface area contributed by atoms with Gasteiger partial charge in [-0.25, -0.2) is 4.39 Å². The summed E-state index contributed by atoms with van der Waals surface area (Å²) < 4.78 is 12.9. The van der Waals surface area contributed by atoms with E-state index in [9.17, 15) is 4.39 Å². The van der Waals surface area contributed by atoms with E-state index in [4.69, 9.17) is 5.73 Å². The Labute approximate surface area is 105 Å². The lowest BCUT2D eigenvalue weighted by molar-refractivity contribution is 0.627. The van der Waals surface area contributed by atoms with Gasteiger partial charge in [0, 0.05) is 15.5 Å². The highest BCUT2D eigenvalue weighted by molar-refractivity contribution is 7.99. The fourth-order valence-corrected chi connectivity index (χ4v) is 2.46. The zero-order valence-corrected chi connectivity index (χ0v) is 10.6. The van der Waals surface area contributed by atoms with E-state index in [1.807, 2.05) is 0 Å². The van der Waals surface area contributed by atoms with Gasteiger partial charge in [0.2, 0.25) is 0 Å². The molecule has 0 aliphatic rings. The molecule has 3 heteroatoms. The molecule has 2 rings (SSSR count). The number of hydrogen-bond donors (Lipinski definition) is 1. The lowest BCUT2D eigenvalue weighted by Gasteiger charge is -2.07. The molecule has 0 saturated carbocycles. The lowest BCUT2D eigenvalue weighted by Crippen LogP contribution is -1.90. The normalized spacial score (nSPS) is 10.5. The van der Waals surface area contributed by atoms with Crippen molar-refractivity contribution in [1.82, 2.24) is 0 Å². The SMILES string of the molecule is Cc1ccc(Sc2ccc(F)cc2N)cc1C. The molecule has 0 unspecified atom stereocenters. The van der Waals surface area contributed by atoms with Crippen molar-refractivity contribution in [1.29, 1.82) is 0 Å². The maximum absolute atomic E-state index is 12.9. The third kappa shape index (κ3) is 2.80. The highest BCUT2D eigenvalue weighted by Gasteiger charge is 2.04.